The van der Waals surface area contributed by atoms with Crippen molar-refractivity contribution in [1.82, 2.24) is 0 Å². The van der Waals surface area contributed by atoms with Gasteiger partial charge in [0.15, 0.2) is 0 Å². The van der Waals surface area contributed by atoms with Crippen LogP contribution in [-0.4, -0.2) is 31.2 Å². The molecule has 78 valence electrons. The van der Waals surface area contributed by atoms with Gasteiger partial charge in [-0.2, -0.15) is 0 Å². The molecule has 1 nitrogen and oxygen atoms in total. The summed E-state index contributed by atoms with van der Waals surface area (Å²) in [5.41, 5.74) is 0. The molecule has 2 aliphatic rings. The number of quaternary nitrogens is 1. The zero-order valence-corrected chi connectivity index (χ0v) is 9.85. The number of rotatable bonds is 2. The zero-order chi connectivity index (χ0) is 8.77. The molecule has 0 aromatic heterocycles. The third-order valence-corrected chi connectivity index (χ3v) is 3.82. The summed E-state index contributed by atoms with van der Waals surface area (Å²) in [6.45, 7) is 9.16. The maximum Gasteiger partial charge on any atom is 0.0815 e. The summed E-state index contributed by atoms with van der Waals surface area (Å²) in [4.78, 5) is 0. The normalized spacial score (nSPS) is 44.5. The summed E-state index contributed by atoms with van der Waals surface area (Å²) >= 11 is 0. The molecule has 2 unspecified atom stereocenters. The van der Waals surface area contributed by atoms with E-state index in [-0.39, 0.29) is 12.4 Å². The average Bonchev–Trinajstić information content (AvgIpc) is 2.65. The van der Waals surface area contributed by atoms with Crippen LogP contribution in [0.3, 0.4) is 0 Å². The van der Waals surface area contributed by atoms with Crippen molar-refractivity contribution in [3.05, 3.63) is 0 Å². The van der Waals surface area contributed by atoms with Gasteiger partial charge in [0.1, 0.15) is 0 Å². The summed E-state index contributed by atoms with van der Waals surface area (Å²) in [6, 6.07) is 0. The second kappa shape index (κ2) is 3.78. The first-order valence-electron chi connectivity index (χ1n) is 5.43. The van der Waals surface area contributed by atoms with Crippen molar-refractivity contribution >= 4 is 0 Å². The van der Waals surface area contributed by atoms with Crippen molar-refractivity contribution in [1.29, 1.82) is 0 Å². The summed E-state index contributed by atoms with van der Waals surface area (Å²) in [7, 11) is 2.46. The second-order valence-electron chi connectivity index (χ2n) is 5.57. The van der Waals surface area contributed by atoms with Gasteiger partial charge in [0.05, 0.1) is 26.7 Å². The average molecular weight is 204 g/mol. The molecule has 0 bridgehead atoms. The summed E-state index contributed by atoms with van der Waals surface area (Å²) in [5.74, 6) is 3.00. The summed E-state index contributed by atoms with van der Waals surface area (Å²) in [6.07, 6.45) is 3.02. The van der Waals surface area contributed by atoms with Gasteiger partial charge < -0.3 is 16.9 Å². The van der Waals surface area contributed by atoms with E-state index in [4.69, 9.17) is 0 Å². The topological polar surface area (TPSA) is 0 Å². The first kappa shape index (κ1) is 11.3. The van der Waals surface area contributed by atoms with Gasteiger partial charge in [0.2, 0.25) is 0 Å². The van der Waals surface area contributed by atoms with Crippen LogP contribution in [0.4, 0.5) is 0 Å². The number of halogens is 1. The van der Waals surface area contributed by atoms with Crippen LogP contribution in [0.2, 0.25) is 0 Å². The molecule has 0 spiro atoms. The largest absolute Gasteiger partial charge is 1.00 e. The fraction of sp³-hybridized carbons (Fsp3) is 1.00. The third-order valence-electron chi connectivity index (χ3n) is 3.82. The molecule has 2 fully saturated rings. The van der Waals surface area contributed by atoms with Gasteiger partial charge in [-0.3, -0.25) is 0 Å². The van der Waals surface area contributed by atoms with Gasteiger partial charge in [-0.05, 0) is 12.8 Å². The molecule has 0 aromatic carbocycles. The van der Waals surface area contributed by atoms with E-state index in [1.165, 1.54) is 37.0 Å². The van der Waals surface area contributed by atoms with Gasteiger partial charge in [-0.1, -0.05) is 13.8 Å². The molecular weight excluding hydrogens is 182 g/mol. The highest BCUT2D eigenvalue weighted by atomic mass is 35.5. The van der Waals surface area contributed by atoms with Crippen LogP contribution < -0.4 is 12.4 Å². The van der Waals surface area contributed by atoms with Crippen LogP contribution >= 0.6 is 0 Å². The Balaban J connectivity index is 0.000000845. The van der Waals surface area contributed by atoms with Crippen LogP contribution in [0.1, 0.15) is 26.7 Å². The molecule has 1 saturated heterocycles. The fourth-order valence-electron chi connectivity index (χ4n) is 2.90. The molecule has 13 heavy (non-hydrogen) atoms. The Labute approximate surface area is 88.5 Å². The summed E-state index contributed by atoms with van der Waals surface area (Å²) in [5, 5.41) is 0. The predicted molar refractivity (Wildman–Crippen MR) is 51.8 cm³/mol. The second-order valence-corrected chi connectivity index (χ2v) is 5.57. The van der Waals surface area contributed by atoms with Gasteiger partial charge in [0, 0.05) is 17.8 Å². The van der Waals surface area contributed by atoms with E-state index in [1.807, 2.05) is 0 Å². The number of nitrogens with zero attached hydrogens (tertiary/aromatic N) is 1. The SMILES string of the molecule is CC1C[N+](C)(CC2CC2)CC1C.[Cl-]. The number of hydrogen-bond acceptors (Lipinski definition) is 0. The highest BCUT2D eigenvalue weighted by molar-refractivity contribution is 4.76. The van der Waals surface area contributed by atoms with E-state index in [0.29, 0.717) is 0 Å². The lowest BCUT2D eigenvalue weighted by molar-refractivity contribution is -0.902. The van der Waals surface area contributed by atoms with Gasteiger partial charge in [-0.15, -0.1) is 0 Å². The Morgan fingerprint density at radius 2 is 1.54 bits per heavy atom. The minimum absolute atomic E-state index is 0. The minimum atomic E-state index is 0. The molecule has 1 saturated carbocycles. The van der Waals surface area contributed by atoms with Gasteiger partial charge >= 0.3 is 0 Å². The molecule has 1 heterocycles. The zero-order valence-electron chi connectivity index (χ0n) is 9.09. The first-order valence-corrected chi connectivity index (χ1v) is 5.43. The lowest BCUT2D eigenvalue weighted by atomic mass is 10.0. The molecule has 2 atom stereocenters. The Morgan fingerprint density at radius 1 is 1.08 bits per heavy atom. The van der Waals surface area contributed by atoms with Crippen LogP contribution in [0.25, 0.3) is 0 Å². The Bertz CT molecular complexity index is 161. The molecule has 1 aliphatic heterocycles. The van der Waals surface area contributed by atoms with Crippen molar-refractivity contribution < 1.29 is 16.9 Å². The van der Waals surface area contributed by atoms with Crippen LogP contribution in [0.15, 0.2) is 0 Å². The maximum absolute atomic E-state index is 2.46. The van der Waals surface area contributed by atoms with Crippen LogP contribution in [0, 0.1) is 17.8 Å². The van der Waals surface area contributed by atoms with Crippen molar-refractivity contribution in [2.75, 3.05) is 26.7 Å². The highest BCUT2D eigenvalue weighted by Crippen LogP contribution is 2.36. The van der Waals surface area contributed by atoms with E-state index in [1.54, 1.807) is 0 Å². The molecule has 1 aliphatic carbocycles. The van der Waals surface area contributed by atoms with Crippen LogP contribution in [0.5, 0.6) is 0 Å². The predicted octanol–water partition coefficient (Wildman–Crippen LogP) is -0.867. The standard InChI is InChI=1S/C11H22N.ClH/c1-9-6-12(3,7-10(9)2)8-11-4-5-11;/h9-11H,4-8H2,1-3H3;1H/q+1;/p-1. The van der Waals surface area contributed by atoms with Crippen molar-refractivity contribution in [3.63, 3.8) is 0 Å². The minimum Gasteiger partial charge on any atom is -1.00 e. The molecule has 0 radical (unpaired) electrons. The Morgan fingerprint density at radius 3 is 1.92 bits per heavy atom. The highest BCUT2D eigenvalue weighted by Gasteiger charge is 2.41. The monoisotopic (exact) mass is 203 g/mol. The lowest BCUT2D eigenvalue weighted by Crippen LogP contribution is -3.00. The molecule has 2 heteroatoms. The summed E-state index contributed by atoms with van der Waals surface area (Å²) < 4.78 is 1.37. The van der Waals surface area contributed by atoms with Crippen molar-refractivity contribution in [2.24, 2.45) is 17.8 Å². The molecule has 0 aromatic rings. The Hall–Kier alpha value is 0.250. The van der Waals surface area contributed by atoms with E-state index in [9.17, 15) is 0 Å². The third kappa shape index (κ3) is 2.60. The van der Waals surface area contributed by atoms with E-state index in [0.717, 1.165) is 17.8 Å². The van der Waals surface area contributed by atoms with Crippen LogP contribution in [-0.2, 0) is 0 Å². The Kier molecular flexibility index (Phi) is 3.29. The molecule has 0 amide bonds. The molecule has 0 N–H and O–H groups in total. The quantitative estimate of drug-likeness (QED) is 0.513. The van der Waals surface area contributed by atoms with E-state index >= 15 is 0 Å². The van der Waals surface area contributed by atoms with Crippen molar-refractivity contribution in [3.8, 4) is 0 Å². The first-order chi connectivity index (χ1) is 5.59. The smallest absolute Gasteiger partial charge is 0.0815 e. The van der Waals surface area contributed by atoms with E-state index in [2.05, 4.69) is 20.9 Å². The maximum atomic E-state index is 2.46. The van der Waals surface area contributed by atoms with Gasteiger partial charge in [0.25, 0.3) is 0 Å². The number of likely N-dealkylation sites (tertiary alicyclic amines) is 1. The molecular formula is C11H22ClN. The van der Waals surface area contributed by atoms with Gasteiger partial charge in [-0.25, -0.2) is 0 Å². The molecule has 2 rings (SSSR count). The van der Waals surface area contributed by atoms with E-state index < -0.39 is 0 Å². The van der Waals surface area contributed by atoms with Crippen molar-refractivity contribution in [2.45, 2.75) is 26.7 Å². The fourth-order valence-corrected chi connectivity index (χ4v) is 2.90. The number of hydrogen-bond donors (Lipinski definition) is 0. The lowest BCUT2D eigenvalue weighted by Gasteiger charge is -2.29.